The molecule has 0 saturated carbocycles. The van der Waals surface area contributed by atoms with Gasteiger partial charge in [-0.1, -0.05) is 23.2 Å². The average Bonchev–Trinajstić information content (AvgIpc) is 2.86. The molecule has 2 aromatic rings. The van der Waals surface area contributed by atoms with E-state index in [-0.39, 0.29) is 0 Å². The summed E-state index contributed by atoms with van der Waals surface area (Å²) in [6.45, 7) is 1.61. The minimum absolute atomic E-state index is 0.706. The second-order valence-corrected chi connectivity index (χ2v) is 4.79. The van der Waals surface area contributed by atoms with Crippen molar-refractivity contribution >= 4 is 23.2 Å². The molecule has 0 aliphatic carbocycles. The maximum atomic E-state index is 6.07. The second-order valence-electron chi connectivity index (χ2n) is 3.95. The zero-order valence-corrected chi connectivity index (χ0v) is 11.3. The molecule has 0 spiro atoms. The van der Waals surface area contributed by atoms with E-state index in [1.807, 2.05) is 12.1 Å². The Morgan fingerprint density at radius 1 is 1.28 bits per heavy atom. The summed E-state index contributed by atoms with van der Waals surface area (Å²) in [6.07, 6.45) is 3.40. The molecule has 0 aliphatic rings. The summed E-state index contributed by atoms with van der Waals surface area (Å²) < 4.78 is 0. The van der Waals surface area contributed by atoms with Crippen molar-refractivity contribution in [2.24, 2.45) is 0 Å². The number of nitrogens with one attached hydrogen (secondary N) is 2. The molecular formula is C12H14Cl2N4. The molecule has 2 rings (SSSR count). The first kappa shape index (κ1) is 13.3. The second kappa shape index (κ2) is 6.73. The number of benzene rings is 1. The normalized spacial score (nSPS) is 10.8. The maximum Gasteiger partial charge on any atom is 0.137 e. The van der Waals surface area contributed by atoms with Crippen LogP contribution < -0.4 is 5.32 Å². The molecule has 0 amide bonds. The Morgan fingerprint density at radius 3 is 2.94 bits per heavy atom. The predicted octanol–water partition coefficient (Wildman–Crippen LogP) is 2.83. The van der Waals surface area contributed by atoms with Gasteiger partial charge in [-0.05, 0) is 36.7 Å². The fraction of sp³-hybridized carbons (Fsp3) is 0.333. The number of rotatable bonds is 6. The van der Waals surface area contributed by atoms with E-state index in [1.54, 1.807) is 6.07 Å². The number of hydrogen-bond acceptors (Lipinski definition) is 3. The van der Waals surface area contributed by atoms with Crippen LogP contribution in [0.5, 0.6) is 0 Å². The summed E-state index contributed by atoms with van der Waals surface area (Å²) in [4.78, 5) is 4.06. The van der Waals surface area contributed by atoms with Crippen molar-refractivity contribution in [2.45, 2.75) is 19.4 Å². The van der Waals surface area contributed by atoms with E-state index in [2.05, 4.69) is 20.5 Å². The molecule has 18 heavy (non-hydrogen) atoms. The van der Waals surface area contributed by atoms with Crippen LogP contribution in [0.2, 0.25) is 10.0 Å². The number of halogens is 2. The number of aromatic amines is 1. The van der Waals surface area contributed by atoms with Gasteiger partial charge in [0.05, 0.1) is 0 Å². The number of hydrogen-bond donors (Lipinski definition) is 2. The van der Waals surface area contributed by atoms with Gasteiger partial charge in [-0.15, -0.1) is 0 Å². The highest BCUT2D eigenvalue weighted by atomic mass is 35.5. The lowest BCUT2D eigenvalue weighted by atomic mass is 10.2. The number of aryl methyl sites for hydroxylation is 1. The van der Waals surface area contributed by atoms with Crippen LogP contribution in [-0.2, 0) is 13.0 Å². The molecule has 0 fully saturated rings. The molecule has 0 saturated heterocycles. The molecule has 1 aromatic heterocycles. The van der Waals surface area contributed by atoms with Crippen molar-refractivity contribution in [3.63, 3.8) is 0 Å². The summed E-state index contributed by atoms with van der Waals surface area (Å²) in [5.74, 6) is 0.914. The summed E-state index contributed by atoms with van der Waals surface area (Å²) >= 11 is 12.0. The lowest BCUT2D eigenvalue weighted by molar-refractivity contribution is 0.639. The highest BCUT2D eigenvalue weighted by molar-refractivity contribution is 6.33. The molecular weight excluding hydrogens is 271 g/mol. The van der Waals surface area contributed by atoms with Crippen LogP contribution in [0.15, 0.2) is 24.5 Å². The Labute approximate surface area is 116 Å². The van der Waals surface area contributed by atoms with Gasteiger partial charge in [-0.3, -0.25) is 5.10 Å². The predicted molar refractivity (Wildman–Crippen MR) is 72.9 cm³/mol. The van der Waals surface area contributed by atoms with Crippen molar-refractivity contribution in [3.05, 3.63) is 46.0 Å². The Bertz CT molecular complexity index is 485. The summed E-state index contributed by atoms with van der Waals surface area (Å²) in [7, 11) is 0. The quantitative estimate of drug-likeness (QED) is 0.802. The van der Waals surface area contributed by atoms with E-state index in [9.17, 15) is 0 Å². The molecule has 1 heterocycles. The van der Waals surface area contributed by atoms with Crippen molar-refractivity contribution in [2.75, 3.05) is 6.54 Å². The Morgan fingerprint density at radius 2 is 2.17 bits per heavy atom. The molecule has 4 nitrogen and oxygen atoms in total. The van der Waals surface area contributed by atoms with Crippen molar-refractivity contribution in [1.29, 1.82) is 0 Å². The molecule has 6 heteroatoms. The Hall–Kier alpha value is -1.10. The molecule has 0 unspecified atom stereocenters. The van der Waals surface area contributed by atoms with Gasteiger partial charge in [0, 0.05) is 23.0 Å². The summed E-state index contributed by atoms with van der Waals surface area (Å²) in [6, 6.07) is 5.49. The standard InChI is InChI=1S/C12H14Cl2N4/c13-10-3-4-11(14)9(6-10)7-15-5-1-2-12-16-8-17-18-12/h3-4,6,8,15H,1-2,5,7H2,(H,16,17,18). The van der Waals surface area contributed by atoms with Gasteiger partial charge in [0.1, 0.15) is 12.2 Å². The SMILES string of the molecule is Clc1ccc(Cl)c(CNCCCc2ncn[nH]2)c1. The molecule has 2 N–H and O–H groups in total. The Kier molecular flexibility index (Phi) is 4.99. The third-order valence-corrected chi connectivity index (χ3v) is 3.16. The largest absolute Gasteiger partial charge is 0.313 e. The van der Waals surface area contributed by atoms with Gasteiger partial charge in [0.25, 0.3) is 0 Å². The fourth-order valence-corrected chi connectivity index (χ4v) is 2.01. The molecule has 0 bridgehead atoms. The van der Waals surface area contributed by atoms with E-state index in [4.69, 9.17) is 23.2 Å². The smallest absolute Gasteiger partial charge is 0.137 e. The number of aromatic nitrogens is 3. The van der Waals surface area contributed by atoms with Crippen LogP contribution >= 0.6 is 23.2 Å². The third-order valence-electron chi connectivity index (χ3n) is 2.56. The average molecular weight is 285 g/mol. The van der Waals surface area contributed by atoms with Gasteiger partial charge in [0.15, 0.2) is 0 Å². The van der Waals surface area contributed by atoms with E-state index < -0.39 is 0 Å². The van der Waals surface area contributed by atoms with Crippen molar-refractivity contribution in [1.82, 2.24) is 20.5 Å². The first-order valence-corrected chi connectivity index (χ1v) is 6.50. The molecule has 0 radical (unpaired) electrons. The van der Waals surface area contributed by atoms with Gasteiger partial charge in [-0.25, -0.2) is 4.98 Å². The zero-order chi connectivity index (χ0) is 12.8. The topological polar surface area (TPSA) is 53.6 Å². The van der Waals surface area contributed by atoms with Gasteiger partial charge in [-0.2, -0.15) is 5.10 Å². The van der Waals surface area contributed by atoms with E-state index >= 15 is 0 Å². The zero-order valence-electron chi connectivity index (χ0n) is 9.79. The van der Waals surface area contributed by atoms with Gasteiger partial charge < -0.3 is 5.32 Å². The number of nitrogens with zero attached hydrogens (tertiary/aromatic N) is 2. The van der Waals surface area contributed by atoms with Crippen LogP contribution in [0.4, 0.5) is 0 Å². The van der Waals surface area contributed by atoms with E-state index in [0.29, 0.717) is 5.02 Å². The number of H-pyrrole nitrogens is 1. The lowest BCUT2D eigenvalue weighted by Crippen LogP contribution is -2.15. The van der Waals surface area contributed by atoms with Crippen LogP contribution in [0.1, 0.15) is 17.8 Å². The van der Waals surface area contributed by atoms with Gasteiger partial charge >= 0.3 is 0 Å². The summed E-state index contributed by atoms with van der Waals surface area (Å²) in [5.41, 5.74) is 1.02. The van der Waals surface area contributed by atoms with E-state index in [0.717, 1.165) is 42.3 Å². The minimum atomic E-state index is 0.706. The molecule has 96 valence electrons. The van der Waals surface area contributed by atoms with E-state index in [1.165, 1.54) is 6.33 Å². The van der Waals surface area contributed by atoms with Crippen molar-refractivity contribution in [3.8, 4) is 0 Å². The van der Waals surface area contributed by atoms with Crippen molar-refractivity contribution < 1.29 is 0 Å². The fourth-order valence-electron chi connectivity index (χ4n) is 1.63. The lowest BCUT2D eigenvalue weighted by Gasteiger charge is -2.06. The Balaban J connectivity index is 1.70. The maximum absolute atomic E-state index is 6.07. The summed E-state index contributed by atoms with van der Waals surface area (Å²) in [5, 5.41) is 11.4. The highest BCUT2D eigenvalue weighted by Crippen LogP contribution is 2.20. The van der Waals surface area contributed by atoms with Crippen LogP contribution in [0.25, 0.3) is 0 Å². The highest BCUT2D eigenvalue weighted by Gasteiger charge is 2.01. The van der Waals surface area contributed by atoms with Crippen LogP contribution in [0.3, 0.4) is 0 Å². The first-order chi connectivity index (χ1) is 8.75. The molecule has 0 atom stereocenters. The van der Waals surface area contributed by atoms with Gasteiger partial charge in [0.2, 0.25) is 0 Å². The first-order valence-electron chi connectivity index (χ1n) is 5.74. The van der Waals surface area contributed by atoms with Crippen LogP contribution in [0, 0.1) is 0 Å². The molecule has 1 aromatic carbocycles. The molecule has 0 aliphatic heterocycles. The third kappa shape index (κ3) is 3.98. The van der Waals surface area contributed by atoms with Crippen LogP contribution in [-0.4, -0.2) is 21.7 Å². The minimum Gasteiger partial charge on any atom is -0.313 e. The monoisotopic (exact) mass is 284 g/mol.